The van der Waals surface area contributed by atoms with Crippen LogP contribution in [-0.4, -0.2) is 33.8 Å². The lowest BCUT2D eigenvalue weighted by molar-refractivity contribution is -0.144. The van der Waals surface area contributed by atoms with E-state index in [-0.39, 0.29) is 23.4 Å². The van der Waals surface area contributed by atoms with Crippen molar-refractivity contribution in [1.82, 2.24) is 20.1 Å². The Labute approximate surface area is 152 Å². The molecule has 6 nitrogen and oxygen atoms in total. The van der Waals surface area contributed by atoms with Crippen molar-refractivity contribution in [3.05, 3.63) is 47.3 Å². The molecule has 1 aliphatic heterocycles. The molecular weight excluding hydrogens is 335 g/mol. The number of rotatable bonds is 5. The Morgan fingerprint density at radius 3 is 2.77 bits per heavy atom. The number of benzene rings is 1. The molecule has 0 saturated heterocycles. The summed E-state index contributed by atoms with van der Waals surface area (Å²) in [5.41, 5.74) is -1.16. The van der Waals surface area contributed by atoms with E-state index in [1.54, 1.807) is 25.1 Å². The topological polar surface area (TPSA) is 69.0 Å². The standard InChI is InChI=1S/C19H25FN4O2/c1-12(2)17-23-22-16-10-9-13(11-24(16)17)21-18(25)19(3,26-4)14-7-5-6-8-15(14)20/h5-8,12-13H,9-11H2,1-4H3,(H,21,25)/t13-,19+/m1/s1. The fourth-order valence-electron chi connectivity index (χ4n) is 3.39. The van der Waals surface area contributed by atoms with E-state index in [0.29, 0.717) is 6.54 Å². The van der Waals surface area contributed by atoms with Crippen LogP contribution in [-0.2, 0) is 28.1 Å². The number of nitrogens with one attached hydrogen (secondary N) is 1. The van der Waals surface area contributed by atoms with E-state index in [9.17, 15) is 9.18 Å². The molecule has 1 amide bonds. The maximum Gasteiger partial charge on any atom is 0.256 e. The van der Waals surface area contributed by atoms with Gasteiger partial charge in [-0.1, -0.05) is 32.0 Å². The van der Waals surface area contributed by atoms with Gasteiger partial charge in [0.25, 0.3) is 5.91 Å². The van der Waals surface area contributed by atoms with Gasteiger partial charge in [0, 0.05) is 37.6 Å². The Morgan fingerprint density at radius 2 is 2.12 bits per heavy atom. The van der Waals surface area contributed by atoms with Crippen molar-refractivity contribution < 1.29 is 13.9 Å². The van der Waals surface area contributed by atoms with E-state index in [1.807, 2.05) is 0 Å². The first kappa shape index (κ1) is 18.5. The number of fused-ring (bicyclic) bond motifs is 1. The van der Waals surface area contributed by atoms with Crippen LogP contribution in [0, 0.1) is 5.82 Å². The van der Waals surface area contributed by atoms with Gasteiger partial charge < -0.3 is 14.6 Å². The molecule has 1 aromatic carbocycles. The molecule has 0 fully saturated rings. The maximum absolute atomic E-state index is 14.2. The quantitative estimate of drug-likeness (QED) is 0.890. The fourth-order valence-corrected chi connectivity index (χ4v) is 3.39. The second-order valence-corrected chi connectivity index (χ2v) is 7.17. The van der Waals surface area contributed by atoms with Gasteiger partial charge in [0.1, 0.15) is 17.5 Å². The summed E-state index contributed by atoms with van der Waals surface area (Å²) in [7, 11) is 1.42. The normalized spacial score (nSPS) is 19.1. The second kappa shape index (κ2) is 7.15. The summed E-state index contributed by atoms with van der Waals surface area (Å²) in [5, 5.41) is 11.5. The molecule has 2 aromatic rings. The van der Waals surface area contributed by atoms with Crippen molar-refractivity contribution in [3.63, 3.8) is 0 Å². The van der Waals surface area contributed by atoms with Crippen molar-refractivity contribution in [1.29, 1.82) is 0 Å². The van der Waals surface area contributed by atoms with E-state index < -0.39 is 11.4 Å². The van der Waals surface area contributed by atoms with Crippen LogP contribution in [0.5, 0.6) is 0 Å². The molecule has 7 heteroatoms. The number of amides is 1. The Balaban J connectivity index is 1.79. The smallest absolute Gasteiger partial charge is 0.256 e. The van der Waals surface area contributed by atoms with Gasteiger partial charge in [-0.3, -0.25) is 4.79 Å². The minimum absolute atomic E-state index is 0.0789. The lowest BCUT2D eigenvalue weighted by Crippen LogP contribution is -2.50. The average Bonchev–Trinajstić information content (AvgIpc) is 3.05. The molecule has 0 saturated carbocycles. The number of ether oxygens (including phenoxy) is 1. The van der Waals surface area contributed by atoms with Gasteiger partial charge in [0.05, 0.1) is 0 Å². The van der Waals surface area contributed by atoms with Crippen molar-refractivity contribution in [3.8, 4) is 0 Å². The van der Waals surface area contributed by atoms with E-state index >= 15 is 0 Å². The number of methoxy groups -OCH3 is 1. The van der Waals surface area contributed by atoms with Crippen molar-refractivity contribution in [2.45, 2.75) is 57.7 Å². The van der Waals surface area contributed by atoms with Crippen LogP contribution in [0.15, 0.2) is 24.3 Å². The van der Waals surface area contributed by atoms with E-state index in [1.165, 1.54) is 13.2 Å². The highest BCUT2D eigenvalue weighted by atomic mass is 19.1. The highest BCUT2D eigenvalue weighted by Gasteiger charge is 2.39. The Morgan fingerprint density at radius 1 is 1.38 bits per heavy atom. The highest BCUT2D eigenvalue weighted by molar-refractivity contribution is 5.86. The summed E-state index contributed by atoms with van der Waals surface area (Å²) in [6.07, 6.45) is 1.51. The number of hydrogen-bond donors (Lipinski definition) is 1. The lowest BCUT2D eigenvalue weighted by atomic mass is 9.93. The number of carbonyl (C=O) groups is 1. The molecule has 3 rings (SSSR count). The zero-order valence-electron chi connectivity index (χ0n) is 15.6. The van der Waals surface area contributed by atoms with Gasteiger partial charge >= 0.3 is 0 Å². The SMILES string of the molecule is CO[C@](C)(C(=O)N[C@@H]1CCc2nnc(C(C)C)n2C1)c1ccccc1F. The van der Waals surface area contributed by atoms with Gasteiger partial charge in [0.15, 0.2) is 5.60 Å². The molecular formula is C19H25FN4O2. The number of carbonyl (C=O) groups excluding carboxylic acids is 1. The van der Waals surface area contributed by atoms with Gasteiger partial charge in [-0.05, 0) is 19.4 Å². The van der Waals surface area contributed by atoms with Crippen LogP contribution in [0.2, 0.25) is 0 Å². The van der Waals surface area contributed by atoms with Crippen molar-refractivity contribution >= 4 is 5.91 Å². The van der Waals surface area contributed by atoms with Crippen LogP contribution < -0.4 is 5.32 Å². The van der Waals surface area contributed by atoms with E-state index in [4.69, 9.17) is 4.74 Å². The summed E-state index contributed by atoms with van der Waals surface area (Å²) in [6, 6.07) is 6.12. The molecule has 26 heavy (non-hydrogen) atoms. The lowest BCUT2D eigenvalue weighted by Gasteiger charge is -2.32. The molecule has 0 aliphatic carbocycles. The maximum atomic E-state index is 14.2. The van der Waals surface area contributed by atoms with Gasteiger partial charge in [-0.15, -0.1) is 10.2 Å². The largest absolute Gasteiger partial charge is 0.364 e. The Bertz CT molecular complexity index is 805. The average molecular weight is 360 g/mol. The monoisotopic (exact) mass is 360 g/mol. The highest BCUT2D eigenvalue weighted by Crippen LogP contribution is 2.28. The number of halogens is 1. The van der Waals surface area contributed by atoms with Crippen molar-refractivity contribution in [2.24, 2.45) is 0 Å². The molecule has 140 valence electrons. The minimum atomic E-state index is -1.39. The number of aryl methyl sites for hydroxylation is 1. The van der Waals surface area contributed by atoms with Crippen molar-refractivity contribution in [2.75, 3.05) is 7.11 Å². The van der Waals surface area contributed by atoms with Gasteiger partial charge in [-0.2, -0.15) is 0 Å². The Kier molecular flexibility index (Phi) is 5.09. The zero-order chi connectivity index (χ0) is 18.9. The van der Waals surface area contributed by atoms with Crippen LogP contribution >= 0.6 is 0 Å². The molecule has 1 aliphatic rings. The molecule has 0 unspecified atom stereocenters. The Hall–Kier alpha value is -2.28. The van der Waals surface area contributed by atoms with E-state index in [0.717, 1.165) is 24.5 Å². The fraction of sp³-hybridized carbons (Fsp3) is 0.526. The molecule has 0 radical (unpaired) electrons. The molecule has 0 spiro atoms. The summed E-state index contributed by atoms with van der Waals surface area (Å²) >= 11 is 0. The molecule has 2 atom stereocenters. The number of nitrogens with zero attached hydrogens (tertiary/aromatic N) is 3. The molecule has 1 N–H and O–H groups in total. The minimum Gasteiger partial charge on any atom is -0.364 e. The van der Waals surface area contributed by atoms with Gasteiger partial charge in [0.2, 0.25) is 0 Å². The summed E-state index contributed by atoms with van der Waals surface area (Å²) in [6.45, 7) is 6.34. The molecule has 0 bridgehead atoms. The third-order valence-corrected chi connectivity index (χ3v) is 5.06. The first-order valence-electron chi connectivity index (χ1n) is 8.90. The van der Waals surface area contributed by atoms with Crippen LogP contribution in [0.3, 0.4) is 0 Å². The van der Waals surface area contributed by atoms with Crippen LogP contribution in [0.1, 0.15) is 50.3 Å². The zero-order valence-corrected chi connectivity index (χ0v) is 15.6. The predicted octanol–water partition coefficient (Wildman–Crippen LogP) is 2.53. The third-order valence-electron chi connectivity index (χ3n) is 5.06. The summed E-state index contributed by atoms with van der Waals surface area (Å²) in [5.74, 6) is 1.32. The predicted molar refractivity (Wildman–Crippen MR) is 95.1 cm³/mol. The summed E-state index contributed by atoms with van der Waals surface area (Å²) < 4.78 is 21.7. The third kappa shape index (κ3) is 3.23. The summed E-state index contributed by atoms with van der Waals surface area (Å²) in [4.78, 5) is 12.9. The molecule has 1 aromatic heterocycles. The first-order valence-corrected chi connectivity index (χ1v) is 8.90. The van der Waals surface area contributed by atoms with E-state index in [2.05, 4.69) is 33.9 Å². The first-order chi connectivity index (χ1) is 12.4. The van der Waals surface area contributed by atoms with Crippen LogP contribution in [0.25, 0.3) is 0 Å². The van der Waals surface area contributed by atoms with Crippen LogP contribution in [0.4, 0.5) is 4.39 Å². The number of hydrogen-bond acceptors (Lipinski definition) is 4. The number of aromatic nitrogens is 3. The second-order valence-electron chi connectivity index (χ2n) is 7.17. The molecule has 2 heterocycles. The van der Waals surface area contributed by atoms with Gasteiger partial charge in [-0.25, -0.2) is 4.39 Å².